The fraction of sp³-hybridized carbons (Fsp3) is 0.909. The average Bonchev–Trinajstić information content (AvgIpc) is 2.19. The van der Waals surface area contributed by atoms with Crippen molar-refractivity contribution in [2.24, 2.45) is 5.41 Å². The van der Waals surface area contributed by atoms with Gasteiger partial charge in [-0.25, -0.2) is 0 Å². The van der Waals surface area contributed by atoms with Crippen LogP contribution in [-0.2, 0) is 19.0 Å². The lowest BCUT2D eigenvalue weighted by molar-refractivity contribution is -0.0711. The first-order valence-electron chi connectivity index (χ1n) is 5.78. The lowest BCUT2D eigenvalue weighted by atomic mass is 9.68. The minimum absolute atomic E-state index is 0.0596. The third-order valence-electron chi connectivity index (χ3n) is 2.87. The molecule has 1 saturated carbocycles. The summed E-state index contributed by atoms with van der Waals surface area (Å²) in [5.74, 6) is 0. The summed E-state index contributed by atoms with van der Waals surface area (Å²) < 4.78 is 32.0. The molecular weight excluding hydrogens is 242 g/mol. The van der Waals surface area contributed by atoms with E-state index in [0.29, 0.717) is 19.4 Å². The van der Waals surface area contributed by atoms with Crippen LogP contribution < -0.4 is 0 Å². The molecule has 1 aliphatic rings. The van der Waals surface area contributed by atoms with Crippen LogP contribution in [0.25, 0.3) is 0 Å². The second-order valence-electron chi connectivity index (χ2n) is 4.61. The average molecular weight is 261 g/mol. The molecule has 0 unspecified atom stereocenters. The Morgan fingerprint density at radius 2 is 2.12 bits per heavy atom. The lowest BCUT2D eigenvalue weighted by Gasteiger charge is -2.41. The van der Waals surface area contributed by atoms with Crippen LogP contribution in [0.1, 0.15) is 32.6 Å². The van der Waals surface area contributed by atoms with Crippen molar-refractivity contribution in [3.8, 4) is 6.07 Å². The van der Waals surface area contributed by atoms with Crippen molar-refractivity contribution in [1.82, 2.24) is 0 Å². The summed E-state index contributed by atoms with van der Waals surface area (Å²) in [4.78, 5) is 0. The zero-order valence-electron chi connectivity index (χ0n) is 10.3. The Bertz CT molecular complexity index is 379. The SMILES string of the molecule is CCCCOC1CC(C#N)(COS(C)(=O)=O)C1. The van der Waals surface area contributed by atoms with Gasteiger partial charge in [0.25, 0.3) is 10.1 Å². The van der Waals surface area contributed by atoms with Crippen LogP contribution in [0.5, 0.6) is 0 Å². The van der Waals surface area contributed by atoms with Gasteiger partial charge in [0.05, 0.1) is 30.5 Å². The van der Waals surface area contributed by atoms with Gasteiger partial charge < -0.3 is 4.74 Å². The molecule has 1 fully saturated rings. The molecule has 1 rings (SSSR count). The molecular formula is C11H19NO4S. The van der Waals surface area contributed by atoms with Crippen molar-refractivity contribution in [2.45, 2.75) is 38.7 Å². The van der Waals surface area contributed by atoms with Crippen molar-refractivity contribution in [3.05, 3.63) is 0 Å². The van der Waals surface area contributed by atoms with Gasteiger partial charge in [-0.3, -0.25) is 4.18 Å². The molecule has 0 aliphatic heterocycles. The van der Waals surface area contributed by atoms with Crippen LogP contribution in [0.4, 0.5) is 0 Å². The zero-order chi connectivity index (χ0) is 12.9. The molecule has 0 atom stereocenters. The first kappa shape index (κ1) is 14.4. The molecule has 0 aromatic heterocycles. The van der Waals surface area contributed by atoms with E-state index in [1.54, 1.807) is 0 Å². The number of rotatable bonds is 7. The number of hydrogen-bond donors (Lipinski definition) is 0. The molecule has 0 heterocycles. The smallest absolute Gasteiger partial charge is 0.264 e. The predicted molar refractivity (Wildman–Crippen MR) is 62.7 cm³/mol. The third-order valence-corrected chi connectivity index (χ3v) is 3.42. The van der Waals surface area contributed by atoms with Crippen molar-refractivity contribution < 1.29 is 17.3 Å². The van der Waals surface area contributed by atoms with E-state index in [-0.39, 0.29) is 12.7 Å². The van der Waals surface area contributed by atoms with Crippen molar-refractivity contribution in [2.75, 3.05) is 19.5 Å². The van der Waals surface area contributed by atoms with Crippen molar-refractivity contribution in [3.63, 3.8) is 0 Å². The number of ether oxygens (including phenoxy) is 1. The fourth-order valence-corrected chi connectivity index (χ4v) is 2.22. The summed E-state index contributed by atoms with van der Waals surface area (Å²) in [7, 11) is -3.47. The van der Waals surface area contributed by atoms with Crippen molar-refractivity contribution >= 4 is 10.1 Å². The summed E-state index contributed by atoms with van der Waals surface area (Å²) in [5.41, 5.74) is -0.681. The molecule has 0 saturated heterocycles. The van der Waals surface area contributed by atoms with Gasteiger partial charge in [0.2, 0.25) is 0 Å². The van der Waals surface area contributed by atoms with Gasteiger partial charge in [-0.1, -0.05) is 13.3 Å². The van der Waals surface area contributed by atoms with Gasteiger partial charge in [-0.15, -0.1) is 0 Å². The molecule has 0 amide bonds. The number of nitriles is 1. The first-order chi connectivity index (χ1) is 7.91. The lowest BCUT2D eigenvalue weighted by Crippen LogP contribution is -2.45. The fourth-order valence-electron chi connectivity index (χ4n) is 1.79. The molecule has 1 aliphatic carbocycles. The van der Waals surface area contributed by atoms with Gasteiger partial charge in [0.15, 0.2) is 0 Å². The molecule has 0 aromatic carbocycles. The van der Waals surface area contributed by atoms with Gasteiger partial charge in [-0.2, -0.15) is 13.7 Å². The normalized spacial score (nSPS) is 28.4. The first-order valence-corrected chi connectivity index (χ1v) is 7.60. The van der Waals surface area contributed by atoms with Gasteiger partial charge in [0, 0.05) is 6.61 Å². The summed E-state index contributed by atoms with van der Waals surface area (Å²) in [6.45, 7) is 2.73. The Morgan fingerprint density at radius 1 is 1.47 bits per heavy atom. The number of hydrogen-bond acceptors (Lipinski definition) is 5. The highest BCUT2D eigenvalue weighted by Crippen LogP contribution is 2.42. The maximum absolute atomic E-state index is 10.9. The topological polar surface area (TPSA) is 76.4 Å². The largest absolute Gasteiger partial charge is 0.378 e. The van der Waals surface area contributed by atoms with E-state index < -0.39 is 15.5 Å². The minimum Gasteiger partial charge on any atom is -0.378 e. The predicted octanol–water partition coefficient (Wildman–Crippen LogP) is 1.45. The van der Waals surface area contributed by atoms with Crippen molar-refractivity contribution in [1.29, 1.82) is 5.26 Å². The Kier molecular flexibility index (Phi) is 4.92. The van der Waals surface area contributed by atoms with E-state index >= 15 is 0 Å². The Hall–Kier alpha value is -0.640. The van der Waals surface area contributed by atoms with E-state index in [4.69, 9.17) is 14.2 Å². The van der Waals surface area contributed by atoms with Crippen LogP contribution in [0.2, 0.25) is 0 Å². The minimum atomic E-state index is -3.47. The van der Waals surface area contributed by atoms with E-state index in [0.717, 1.165) is 19.1 Å². The molecule has 0 aromatic rings. The molecule has 5 nitrogen and oxygen atoms in total. The van der Waals surface area contributed by atoms with Crippen LogP contribution in [0, 0.1) is 16.7 Å². The third kappa shape index (κ3) is 4.62. The highest BCUT2D eigenvalue weighted by Gasteiger charge is 2.46. The molecule has 0 spiro atoms. The molecule has 0 radical (unpaired) electrons. The molecule has 98 valence electrons. The maximum Gasteiger partial charge on any atom is 0.264 e. The maximum atomic E-state index is 10.9. The van der Waals surface area contributed by atoms with Crippen LogP contribution >= 0.6 is 0 Å². The molecule has 6 heteroatoms. The molecule has 0 N–H and O–H groups in total. The van der Waals surface area contributed by atoms with E-state index in [9.17, 15) is 8.42 Å². The highest BCUT2D eigenvalue weighted by atomic mass is 32.2. The molecule has 0 bridgehead atoms. The van der Waals surface area contributed by atoms with Crippen LogP contribution in [-0.4, -0.2) is 34.0 Å². The van der Waals surface area contributed by atoms with E-state index in [1.807, 2.05) is 0 Å². The second-order valence-corrected chi connectivity index (χ2v) is 6.26. The Morgan fingerprint density at radius 3 is 2.59 bits per heavy atom. The quantitative estimate of drug-likeness (QED) is 0.512. The summed E-state index contributed by atoms with van der Waals surface area (Å²) >= 11 is 0. The standard InChI is InChI=1S/C11H19NO4S/c1-3-4-5-15-10-6-11(7-10,8-12)9-16-17(2,13)14/h10H,3-7,9H2,1-2H3. The highest BCUT2D eigenvalue weighted by molar-refractivity contribution is 7.85. The van der Waals surface area contributed by atoms with Gasteiger partial charge in [-0.05, 0) is 19.3 Å². The summed E-state index contributed by atoms with van der Waals surface area (Å²) in [5, 5.41) is 9.04. The molecule has 17 heavy (non-hydrogen) atoms. The summed E-state index contributed by atoms with van der Waals surface area (Å²) in [6, 6.07) is 2.14. The Balaban J connectivity index is 2.32. The van der Waals surface area contributed by atoms with E-state index in [1.165, 1.54) is 0 Å². The summed E-state index contributed by atoms with van der Waals surface area (Å²) in [6.07, 6.45) is 4.27. The number of nitrogens with zero attached hydrogens (tertiary/aromatic N) is 1. The Labute approximate surface area is 103 Å². The van der Waals surface area contributed by atoms with Crippen LogP contribution in [0.15, 0.2) is 0 Å². The second kappa shape index (κ2) is 5.80. The van der Waals surface area contributed by atoms with Gasteiger partial charge >= 0.3 is 0 Å². The zero-order valence-corrected chi connectivity index (χ0v) is 11.1. The monoisotopic (exact) mass is 261 g/mol. The van der Waals surface area contributed by atoms with Crippen LogP contribution in [0.3, 0.4) is 0 Å². The van der Waals surface area contributed by atoms with E-state index in [2.05, 4.69) is 13.0 Å². The number of unbranched alkanes of at least 4 members (excludes halogenated alkanes) is 1. The van der Waals surface area contributed by atoms with Gasteiger partial charge in [0.1, 0.15) is 0 Å².